The van der Waals surface area contributed by atoms with Crippen molar-refractivity contribution in [1.82, 2.24) is 0 Å². The van der Waals surface area contributed by atoms with E-state index in [1.165, 1.54) is 0 Å². The van der Waals surface area contributed by atoms with Gasteiger partial charge in [0.1, 0.15) is 5.75 Å². The first-order chi connectivity index (χ1) is 6.69. The molecule has 0 radical (unpaired) electrons. The van der Waals surface area contributed by atoms with Crippen LogP contribution >= 0.6 is 15.9 Å². The van der Waals surface area contributed by atoms with Crippen LogP contribution in [0.3, 0.4) is 0 Å². The fourth-order valence-corrected chi connectivity index (χ4v) is 1.71. The lowest BCUT2D eigenvalue weighted by molar-refractivity contribution is 0.413. The summed E-state index contributed by atoms with van der Waals surface area (Å²) in [5, 5.41) is 0. The van der Waals surface area contributed by atoms with Gasteiger partial charge < -0.3 is 10.5 Å². The van der Waals surface area contributed by atoms with Crippen molar-refractivity contribution >= 4 is 15.9 Å². The highest BCUT2D eigenvalue weighted by Crippen LogP contribution is 2.27. The Hall–Kier alpha value is -0.980. The fraction of sp³-hybridized carbons (Fsp3) is 0.273. The van der Waals surface area contributed by atoms with Crippen LogP contribution in [0.5, 0.6) is 5.75 Å². The average molecular weight is 254 g/mol. The van der Waals surface area contributed by atoms with Gasteiger partial charge in [0.2, 0.25) is 0 Å². The Morgan fingerprint density at radius 1 is 1.64 bits per heavy atom. The summed E-state index contributed by atoms with van der Waals surface area (Å²) in [5.74, 6) is 3.33. The van der Waals surface area contributed by atoms with E-state index in [4.69, 9.17) is 16.9 Å². The Morgan fingerprint density at radius 3 is 2.93 bits per heavy atom. The first-order valence-corrected chi connectivity index (χ1v) is 5.00. The van der Waals surface area contributed by atoms with E-state index in [0.29, 0.717) is 6.42 Å². The molecule has 3 heteroatoms. The molecule has 0 spiro atoms. The summed E-state index contributed by atoms with van der Waals surface area (Å²) in [6.45, 7) is 0. The van der Waals surface area contributed by atoms with Gasteiger partial charge in [-0.05, 0) is 23.8 Å². The van der Waals surface area contributed by atoms with Crippen LogP contribution < -0.4 is 10.5 Å². The molecule has 1 aromatic rings. The van der Waals surface area contributed by atoms with Crippen molar-refractivity contribution in [2.75, 3.05) is 7.11 Å². The second-order valence-electron chi connectivity index (χ2n) is 2.90. The number of hydrogen-bond acceptors (Lipinski definition) is 2. The first kappa shape index (κ1) is 11.1. The standard InChI is InChI=1S/C11H12BrNO/c1-3-4-11(13)9-7-8(14-2)5-6-10(9)12/h1,5-7,11H,4,13H2,2H3. The molecule has 2 nitrogen and oxygen atoms in total. The highest BCUT2D eigenvalue weighted by Gasteiger charge is 2.09. The molecule has 0 aromatic heterocycles. The molecule has 0 aliphatic rings. The molecule has 0 bridgehead atoms. The predicted octanol–water partition coefficient (Wildman–Crippen LogP) is 2.48. The third-order valence-electron chi connectivity index (χ3n) is 1.94. The third-order valence-corrected chi connectivity index (χ3v) is 2.66. The lowest BCUT2D eigenvalue weighted by Crippen LogP contribution is -2.10. The van der Waals surface area contributed by atoms with Crippen molar-refractivity contribution in [1.29, 1.82) is 0 Å². The van der Waals surface area contributed by atoms with E-state index in [9.17, 15) is 0 Å². The number of terminal acetylenes is 1. The van der Waals surface area contributed by atoms with Crippen LogP contribution in [0.15, 0.2) is 22.7 Å². The lowest BCUT2D eigenvalue weighted by Gasteiger charge is -2.12. The monoisotopic (exact) mass is 253 g/mol. The van der Waals surface area contributed by atoms with Crippen molar-refractivity contribution in [3.8, 4) is 18.1 Å². The number of nitrogens with two attached hydrogens (primary N) is 1. The topological polar surface area (TPSA) is 35.2 Å². The van der Waals surface area contributed by atoms with Gasteiger partial charge in [-0.25, -0.2) is 0 Å². The quantitative estimate of drug-likeness (QED) is 0.841. The van der Waals surface area contributed by atoms with Crippen LogP contribution in [0.1, 0.15) is 18.0 Å². The fourth-order valence-electron chi connectivity index (χ4n) is 1.17. The van der Waals surface area contributed by atoms with Crippen LogP contribution in [0.2, 0.25) is 0 Å². The molecule has 0 heterocycles. The lowest BCUT2D eigenvalue weighted by atomic mass is 10.1. The number of hydrogen-bond donors (Lipinski definition) is 1. The van der Waals surface area contributed by atoms with Crippen molar-refractivity contribution in [2.45, 2.75) is 12.5 Å². The molecule has 0 aliphatic heterocycles. The molecule has 0 fully saturated rings. The van der Waals surface area contributed by atoms with E-state index in [-0.39, 0.29) is 6.04 Å². The summed E-state index contributed by atoms with van der Waals surface area (Å²) in [4.78, 5) is 0. The van der Waals surface area contributed by atoms with E-state index in [2.05, 4.69) is 21.9 Å². The molecular formula is C11H12BrNO. The van der Waals surface area contributed by atoms with Crippen molar-refractivity contribution in [3.05, 3.63) is 28.2 Å². The van der Waals surface area contributed by atoms with Gasteiger partial charge in [0.05, 0.1) is 7.11 Å². The molecule has 1 aromatic carbocycles. The Kier molecular flexibility index (Phi) is 3.99. The molecule has 0 aliphatic carbocycles. The molecule has 1 atom stereocenters. The minimum atomic E-state index is -0.149. The second kappa shape index (κ2) is 5.04. The number of rotatable bonds is 3. The Balaban J connectivity index is 3.00. The van der Waals surface area contributed by atoms with Crippen LogP contribution in [0.4, 0.5) is 0 Å². The molecule has 1 rings (SSSR count). The van der Waals surface area contributed by atoms with Crippen molar-refractivity contribution in [2.24, 2.45) is 5.73 Å². The Morgan fingerprint density at radius 2 is 2.36 bits per heavy atom. The number of ether oxygens (including phenoxy) is 1. The minimum Gasteiger partial charge on any atom is -0.497 e. The molecule has 74 valence electrons. The van der Waals surface area contributed by atoms with Crippen LogP contribution in [0, 0.1) is 12.3 Å². The Labute approximate surface area is 92.6 Å². The summed E-state index contributed by atoms with van der Waals surface area (Å²) in [6, 6.07) is 5.52. The van der Waals surface area contributed by atoms with Crippen LogP contribution in [-0.4, -0.2) is 7.11 Å². The summed E-state index contributed by atoms with van der Waals surface area (Å²) in [5.41, 5.74) is 6.88. The normalized spacial score (nSPS) is 11.9. The van der Waals surface area contributed by atoms with Gasteiger partial charge in [0, 0.05) is 16.9 Å². The average Bonchev–Trinajstić information content (AvgIpc) is 2.19. The highest BCUT2D eigenvalue weighted by atomic mass is 79.9. The summed E-state index contributed by atoms with van der Waals surface area (Å²) >= 11 is 3.43. The summed E-state index contributed by atoms with van der Waals surface area (Å²) in [7, 11) is 1.62. The zero-order valence-electron chi connectivity index (χ0n) is 7.96. The molecule has 2 N–H and O–H groups in total. The minimum absolute atomic E-state index is 0.149. The summed E-state index contributed by atoms with van der Waals surface area (Å²) in [6.07, 6.45) is 5.73. The van der Waals surface area contributed by atoms with Crippen LogP contribution in [-0.2, 0) is 0 Å². The highest BCUT2D eigenvalue weighted by molar-refractivity contribution is 9.10. The van der Waals surface area contributed by atoms with E-state index in [0.717, 1.165) is 15.8 Å². The number of benzene rings is 1. The number of methoxy groups -OCH3 is 1. The zero-order chi connectivity index (χ0) is 10.6. The van der Waals surface area contributed by atoms with E-state index in [1.54, 1.807) is 7.11 Å². The van der Waals surface area contributed by atoms with Gasteiger partial charge in [-0.15, -0.1) is 12.3 Å². The third kappa shape index (κ3) is 2.50. The van der Waals surface area contributed by atoms with Crippen LogP contribution in [0.25, 0.3) is 0 Å². The van der Waals surface area contributed by atoms with E-state index >= 15 is 0 Å². The Bertz CT molecular complexity index is 357. The molecule has 14 heavy (non-hydrogen) atoms. The maximum absolute atomic E-state index is 5.90. The molecule has 1 unspecified atom stereocenters. The zero-order valence-corrected chi connectivity index (χ0v) is 9.54. The van der Waals surface area contributed by atoms with E-state index < -0.39 is 0 Å². The van der Waals surface area contributed by atoms with E-state index in [1.807, 2.05) is 18.2 Å². The van der Waals surface area contributed by atoms with Gasteiger partial charge in [-0.2, -0.15) is 0 Å². The van der Waals surface area contributed by atoms with Gasteiger partial charge in [0.15, 0.2) is 0 Å². The van der Waals surface area contributed by atoms with Gasteiger partial charge >= 0.3 is 0 Å². The summed E-state index contributed by atoms with van der Waals surface area (Å²) < 4.78 is 6.07. The number of halogens is 1. The molecule has 0 amide bonds. The van der Waals surface area contributed by atoms with Crippen molar-refractivity contribution in [3.63, 3.8) is 0 Å². The maximum Gasteiger partial charge on any atom is 0.119 e. The molecule has 0 saturated heterocycles. The second-order valence-corrected chi connectivity index (χ2v) is 3.76. The maximum atomic E-state index is 5.90. The SMILES string of the molecule is C#CCC(N)c1cc(OC)ccc1Br. The smallest absolute Gasteiger partial charge is 0.119 e. The largest absolute Gasteiger partial charge is 0.497 e. The van der Waals surface area contributed by atoms with Gasteiger partial charge in [0.25, 0.3) is 0 Å². The first-order valence-electron chi connectivity index (χ1n) is 4.21. The molecule has 0 saturated carbocycles. The predicted molar refractivity (Wildman–Crippen MR) is 61.1 cm³/mol. The van der Waals surface area contributed by atoms with Gasteiger partial charge in [-0.1, -0.05) is 15.9 Å². The van der Waals surface area contributed by atoms with Crippen molar-refractivity contribution < 1.29 is 4.74 Å². The van der Waals surface area contributed by atoms with Gasteiger partial charge in [-0.3, -0.25) is 0 Å². The molecular weight excluding hydrogens is 242 g/mol.